The smallest absolute Gasteiger partial charge is 0.122 e. The quantitative estimate of drug-likeness (QED) is 0.753. The highest BCUT2D eigenvalue weighted by Gasteiger charge is 2.31. The lowest BCUT2D eigenvalue weighted by molar-refractivity contribution is 0.0608. The van der Waals surface area contributed by atoms with Crippen molar-refractivity contribution in [2.75, 3.05) is 20.2 Å². The van der Waals surface area contributed by atoms with Crippen molar-refractivity contribution < 1.29 is 9.84 Å². The van der Waals surface area contributed by atoms with E-state index in [-0.39, 0.29) is 0 Å². The highest BCUT2D eigenvalue weighted by molar-refractivity contribution is 5.23. The molecule has 0 aromatic carbocycles. The topological polar surface area (TPSA) is 54.4 Å². The fourth-order valence-corrected chi connectivity index (χ4v) is 1.90. The number of rotatable bonds is 3. The zero-order chi connectivity index (χ0) is 10.7. The summed E-state index contributed by atoms with van der Waals surface area (Å²) in [4.78, 5) is 4.23. The van der Waals surface area contributed by atoms with Crippen molar-refractivity contribution >= 4 is 0 Å². The van der Waals surface area contributed by atoms with Crippen molar-refractivity contribution in [3.8, 4) is 5.75 Å². The van der Waals surface area contributed by atoms with Gasteiger partial charge in [-0.05, 0) is 19.0 Å². The predicted octanol–water partition coefficient (Wildman–Crippen LogP) is 0.357. The van der Waals surface area contributed by atoms with E-state index in [9.17, 15) is 5.11 Å². The van der Waals surface area contributed by atoms with Gasteiger partial charge in [-0.15, -0.1) is 0 Å². The van der Waals surface area contributed by atoms with Crippen LogP contribution >= 0.6 is 0 Å². The molecule has 1 unspecified atom stereocenters. The molecule has 0 saturated carbocycles. The van der Waals surface area contributed by atoms with Gasteiger partial charge in [0.05, 0.1) is 12.7 Å². The van der Waals surface area contributed by atoms with E-state index in [1.54, 1.807) is 19.4 Å². The van der Waals surface area contributed by atoms with Crippen LogP contribution in [0.25, 0.3) is 0 Å². The van der Waals surface area contributed by atoms with Gasteiger partial charge in [0.25, 0.3) is 0 Å². The van der Waals surface area contributed by atoms with Crippen LogP contribution in [0.4, 0.5) is 0 Å². The molecule has 0 spiro atoms. The van der Waals surface area contributed by atoms with Crippen molar-refractivity contribution in [1.29, 1.82) is 0 Å². The normalized spacial score (nSPS) is 25.5. The zero-order valence-corrected chi connectivity index (χ0v) is 8.86. The van der Waals surface area contributed by atoms with Gasteiger partial charge < -0.3 is 15.2 Å². The molecule has 4 heteroatoms. The summed E-state index contributed by atoms with van der Waals surface area (Å²) < 4.78 is 5.11. The number of ether oxygens (including phenoxy) is 1. The molecule has 1 fully saturated rings. The van der Waals surface area contributed by atoms with E-state index in [1.807, 2.05) is 6.07 Å². The lowest BCUT2D eigenvalue weighted by Gasteiger charge is -2.20. The number of hydrogen-bond donors (Lipinski definition) is 2. The standard InChI is InChI=1S/C11H16N2O2/c1-15-10-2-4-13-9(6-10)7-11(14)3-5-12-8-11/h2,4,6,12,14H,3,5,7-8H2,1H3. The van der Waals surface area contributed by atoms with Crippen LogP contribution in [0.3, 0.4) is 0 Å². The first-order valence-electron chi connectivity index (χ1n) is 5.14. The largest absolute Gasteiger partial charge is 0.497 e. The molecule has 1 saturated heterocycles. The summed E-state index contributed by atoms with van der Waals surface area (Å²) in [7, 11) is 1.63. The Bertz CT molecular complexity index is 335. The van der Waals surface area contributed by atoms with Crippen LogP contribution in [0.1, 0.15) is 12.1 Å². The van der Waals surface area contributed by atoms with Gasteiger partial charge in [-0.3, -0.25) is 4.98 Å². The molecule has 0 amide bonds. The third-order valence-electron chi connectivity index (χ3n) is 2.76. The summed E-state index contributed by atoms with van der Waals surface area (Å²) in [6, 6.07) is 3.68. The van der Waals surface area contributed by atoms with Crippen molar-refractivity contribution in [2.45, 2.75) is 18.4 Å². The Balaban J connectivity index is 2.09. The summed E-state index contributed by atoms with van der Waals surface area (Å²) in [6.07, 6.45) is 3.07. The maximum atomic E-state index is 10.2. The molecular weight excluding hydrogens is 192 g/mol. The molecule has 1 aliphatic heterocycles. The highest BCUT2D eigenvalue weighted by atomic mass is 16.5. The number of pyridine rings is 1. The van der Waals surface area contributed by atoms with Gasteiger partial charge in [0.2, 0.25) is 0 Å². The van der Waals surface area contributed by atoms with Crippen LogP contribution in [0, 0.1) is 0 Å². The molecule has 1 atom stereocenters. The van der Waals surface area contributed by atoms with Crippen LogP contribution in [-0.2, 0) is 6.42 Å². The van der Waals surface area contributed by atoms with Crippen LogP contribution in [0.2, 0.25) is 0 Å². The number of aliphatic hydroxyl groups is 1. The van der Waals surface area contributed by atoms with Crippen molar-refractivity contribution in [1.82, 2.24) is 10.3 Å². The summed E-state index contributed by atoms with van der Waals surface area (Å²) in [5.41, 5.74) is 0.236. The maximum absolute atomic E-state index is 10.2. The average molecular weight is 208 g/mol. The molecule has 82 valence electrons. The van der Waals surface area contributed by atoms with E-state index in [2.05, 4.69) is 10.3 Å². The number of hydrogen-bond acceptors (Lipinski definition) is 4. The summed E-state index contributed by atoms with van der Waals surface area (Å²) in [5.74, 6) is 0.787. The van der Waals surface area contributed by atoms with E-state index in [1.165, 1.54) is 0 Å². The van der Waals surface area contributed by atoms with Crippen LogP contribution in [0.15, 0.2) is 18.3 Å². The second-order valence-electron chi connectivity index (χ2n) is 4.01. The number of β-amino-alcohol motifs (C(OH)–C–C–N with tert-alkyl or cyclic N) is 1. The molecule has 0 bridgehead atoms. The number of aromatic nitrogens is 1. The minimum absolute atomic E-state index is 0.581. The second kappa shape index (κ2) is 4.16. The molecular formula is C11H16N2O2. The number of nitrogens with one attached hydrogen (secondary N) is 1. The fraction of sp³-hybridized carbons (Fsp3) is 0.545. The Kier molecular flexibility index (Phi) is 2.88. The van der Waals surface area contributed by atoms with E-state index < -0.39 is 5.60 Å². The van der Waals surface area contributed by atoms with Gasteiger partial charge in [0.15, 0.2) is 0 Å². The van der Waals surface area contributed by atoms with Gasteiger partial charge in [0.1, 0.15) is 5.75 Å². The monoisotopic (exact) mass is 208 g/mol. The van der Waals surface area contributed by atoms with Crippen molar-refractivity contribution in [3.05, 3.63) is 24.0 Å². The van der Waals surface area contributed by atoms with Gasteiger partial charge in [-0.1, -0.05) is 0 Å². The first-order valence-corrected chi connectivity index (χ1v) is 5.14. The molecule has 1 aliphatic rings. The second-order valence-corrected chi connectivity index (χ2v) is 4.01. The molecule has 2 rings (SSSR count). The Hall–Kier alpha value is -1.13. The van der Waals surface area contributed by atoms with Crippen LogP contribution < -0.4 is 10.1 Å². The first-order chi connectivity index (χ1) is 7.22. The Morgan fingerprint density at radius 1 is 1.67 bits per heavy atom. The molecule has 15 heavy (non-hydrogen) atoms. The van der Waals surface area contributed by atoms with E-state index in [0.29, 0.717) is 13.0 Å². The maximum Gasteiger partial charge on any atom is 0.122 e. The minimum atomic E-state index is -0.640. The molecule has 2 heterocycles. The molecule has 0 aliphatic carbocycles. The van der Waals surface area contributed by atoms with Gasteiger partial charge in [-0.25, -0.2) is 0 Å². The third kappa shape index (κ3) is 2.46. The minimum Gasteiger partial charge on any atom is -0.497 e. The van der Waals surface area contributed by atoms with Crippen molar-refractivity contribution in [3.63, 3.8) is 0 Å². The Labute approximate surface area is 89.3 Å². The molecule has 4 nitrogen and oxygen atoms in total. The number of nitrogens with zero attached hydrogens (tertiary/aromatic N) is 1. The molecule has 1 aromatic heterocycles. The van der Waals surface area contributed by atoms with E-state index in [0.717, 1.165) is 24.4 Å². The van der Waals surface area contributed by atoms with Gasteiger partial charge in [0, 0.05) is 30.9 Å². The van der Waals surface area contributed by atoms with E-state index in [4.69, 9.17) is 4.74 Å². The third-order valence-corrected chi connectivity index (χ3v) is 2.76. The number of methoxy groups -OCH3 is 1. The Morgan fingerprint density at radius 2 is 2.53 bits per heavy atom. The van der Waals surface area contributed by atoms with Gasteiger partial charge in [-0.2, -0.15) is 0 Å². The predicted molar refractivity (Wildman–Crippen MR) is 56.9 cm³/mol. The zero-order valence-electron chi connectivity index (χ0n) is 8.86. The average Bonchev–Trinajstić information content (AvgIpc) is 2.65. The summed E-state index contributed by atoms with van der Waals surface area (Å²) in [5, 5.41) is 13.3. The van der Waals surface area contributed by atoms with Crippen LogP contribution in [0.5, 0.6) is 5.75 Å². The molecule has 1 aromatic rings. The first kappa shape index (κ1) is 10.4. The molecule has 2 N–H and O–H groups in total. The highest BCUT2D eigenvalue weighted by Crippen LogP contribution is 2.21. The Morgan fingerprint density at radius 3 is 3.20 bits per heavy atom. The summed E-state index contributed by atoms with van der Waals surface area (Å²) >= 11 is 0. The van der Waals surface area contributed by atoms with Crippen LogP contribution in [-0.4, -0.2) is 35.9 Å². The van der Waals surface area contributed by atoms with E-state index >= 15 is 0 Å². The molecule has 0 radical (unpaired) electrons. The van der Waals surface area contributed by atoms with Crippen molar-refractivity contribution in [2.24, 2.45) is 0 Å². The fourth-order valence-electron chi connectivity index (χ4n) is 1.90. The lowest BCUT2D eigenvalue weighted by atomic mass is 9.96. The SMILES string of the molecule is COc1ccnc(CC2(O)CCNC2)c1. The van der Waals surface area contributed by atoms with Gasteiger partial charge >= 0.3 is 0 Å². The lowest BCUT2D eigenvalue weighted by Crippen LogP contribution is -2.34. The summed E-state index contributed by atoms with van der Waals surface area (Å²) in [6.45, 7) is 1.52.